The van der Waals surface area contributed by atoms with Crippen molar-refractivity contribution in [2.75, 3.05) is 36.3 Å². The Labute approximate surface area is 179 Å². The lowest BCUT2D eigenvalue weighted by Crippen LogP contribution is -2.34. The molecule has 8 nitrogen and oxygen atoms in total. The third-order valence-corrected chi connectivity index (χ3v) is 5.20. The number of fused-ring (bicyclic) bond motifs is 1. The van der Waals surface area contributed by atoms with E-state index in [1.165, 1.54) is 24.7 Å². The summed E-state index contributed by atoms with van der Waals surface area (Å²) in [5, 5.41) is 4.00. The predicted molar refractivity (Wildman–Crippen MR) is 120 cm³/mol. The molecule has 2 heterocycles. The molecule has 3 aromatic rings. The Hall–Kier alpha value is -2.95. The van der Waals surface area contributed by atoms with Crippen molar-refractivity contribution in [3.05, 3.63) is 48.0 Å². The molecule has 0 bridgehead atoms. The first kappa shape index (κ1) is 21.3. The first-order valence-corrected chi connectivity index (χ1v) is 11.7. The van der Waals surface area contributed by atoms with Crippen molar-refractivity contribution in [2.45, 2.75) is 13.0 Å². The number of halogens is 1. The minimum Gasteiger partial charge on any atom is -0.483 e. The molecule has 164 valence electrons. The van der Waals surface area contributed by atoms with E-state index in [-0.39, 0.29) is 12.9 Å². The number of nitrogens with one attached hydrogen (secondary N) is 2. The van der Waals surface area contributed by atoms with Gasteiger partial charge in [0.1, 0.15) is 36.6 Å². The molecular formula is C21H23FN4O4S. The average molecular weight is 447 g/mol. The molecule has 1 unspecified atom stereocenters. The molecule has 1 atom stereocenters. The summed E-state index contributed by atoms with van der Waals surface area (Å²) >= 11 is 0. The third kappa shape index (κ3) is 5.22. The fourth-order valence-electron chi connectivity index (χ4n) is 3.33. The van der Waals surface area contributed by atoms with Crippen LogP contribution in [0.3, 0.4) is 0 Å². The van der Waals surface area contributed by atoms with E-state index in [4.69, 9.17) is 14.2 Å². The summed E-state index contributed by atoms with van der Waals surface area (Å²) in [7, 11) is -2.43. The molecule has 1 saturated heterocycles. The lowest BCUT2D eigenvalue weighted by molar-refractivity contribution is -0.143. The summed E-state index contributed by atoms with van der Waals surface area (Å²) in [6.45, 7) is 2.84. The molecule has 1 aromatic heterocycles. The van der Waals surface area contributed by atoms with Crippen molar-refractivity contribution in [3.63, 3.8) is 0 Å². The Morgan fingerprint density at radius 1 is 1.23 bits per heavy atom. The topological polar surface area (TPSA) is 94.6 Å². The Morgan fingerprint density at radius 2 is 2.00 bits per heavy atom. The number of rotatable bonds is 6. The average Bonchev–Trinajstić information content (AvgIpc) is 2.69. The van der Waals surface area contributed by atoms with E-state index in [1.54, 1.807) is 12.1 Å². The quantitative estimate of drug-likeness (QED) is 0.562. The van der Waals surface area contributed by atoms with E-state index in [0.29, 0.717) is 41.7 Å². The predicted octanol–water partition coefficient (Wildman–Crippen LogP) is 3.25. The number of ether oxygens (including phenoxy) is 3. The van der Waals surface area contributed by atoms with Crippen LogP contribution in [0.4, 0.5) is 21.6 Å². The van der Waals surface area contributed by atoms with E-state index in [9.17, 15) is 8.60 Å². The fourth-order valence-corrected chi connectivity index (χ4v) is 3.95. The normalized spacial score (nSPS) is 16.6. The van der Waals surface area contributed by atoms with Gasteiger partial charge in [0.25, 0.3) is 0 Å². The third-order valence-electron chi connectivity index (χ3n) is 4.53. The monoisotopic (exact) mass is 446 g/mol. The Balaban J connectivity index is 1.68. The van der Waals surface area contributed by atoms with Crippen LogP contribution >= 0.6 is 0 Å². The van der Waals surface area contributed by atoms with Crippen molar-refractivity contribution in [1.82, 2.24) is 9.97 Å². The summed E-state index contributed by atoms with van der Waals surface area (Å²) in [4.78, 5) is 8.70. The van der Waals surface area contributed by atoms with E-state index >= 15 is 0 Å². The second kappa shape index (κ2) is 8.66. The minimum absolute atomic E-state index is 0.220. The lowest BCUT2D eigenvalue weighted by Gasteiger charge is -2.25. The molecule has 10 heteroatoms. The van der Waals surface area contributed by atoms with Crippen LogP contribution in [0.2, 0.25) is 0 Å². The summed E-state index contributed by atoms with van der Waals surface area (Å²) in [6, 6.07) is 7.87. The summed E-state index contributed by atoms with van der Waals surface area (Å²) in [5.41, 5.74) is 2.72. The van der Waals surface area contributed by atoms with Gasteiger partial charge in [0.05, 0.1) is 24.4 Å². The number of anilines is 3. The van der Waals surface area contributed by atoms with Gasteiger partial charge < -0.3 is 24.2 Å². The maximum atomic E-state index is 13.9. The molecule has 1 fully saturated rings. The highest BCUT2D eigenvalue weighted by Gasteiger charge is 2.19. The van der Waals surface area contributed by atoms with Gasteiger partial charge in [-0.2, -0.15) is 0 Å². The smallest absolute Gasteiger partial charge is 0.147 e. The van der Waals surface area contributed by atoms with Crippen molar-refractivity contribution in [1.29, 1.82) is 0 Å². The molecule has 0 radical (unpaired) electrons. The first-order valence-electron chi connectivity index (χ1n) is 9.52. The minimum atomic E-state index is -2.43. The van der Waals surface area contributed by atoms with Crippen LogP contribution in [-0.4, -0.2) is 52.4 Å². The molecule has 2 aromatic carbocycles. The molecule has 0 amide bonds. The van der Waals surface area contributed by atoms with Crippen molar-refractivity contribution >= 4 is 43.7 Å². The molecule has 2 N–H and O–H groups in total. The Bertz CT molecular complexity index is 1210. The van der Waals surface area contributed by atoms with Gasteiger partial charge in [0, 0.05) is 33.1 Å². The number of nitrogens with zero attached hydrogens (tertiary/aromatic N) is 2. The van der Waals surface area contributed by atoms with Crippen LogP contribution in [0.1, 0.15) is 5.56 Å². The highest BCUT2D eigenvalue weighted by molar-refractivity contribution is 8.00. The molecule has 1 aliphatic heterocycles. The van der Waals surface area contributed by atoms with Gasteiger partial charge in [-0.25, -0.2) is 18.6 Å². The summed E-state index contributed by atoms with van der Waals surface area (Å²) < 4.78 is 45.2. The number of benzene rings is 2. The fraction of sp³-hybridized carbons (Fsp3) is 0.286. The van der Waals surface area contributed by atoms with Gasteiger partial charge >= 0.3 is 0 Å². The zero-order valence-corrected chi connectivity index (χ0v) is 18.0. The first-order chi connectivity index (χ1) is 14.8. The van der Waals surface area contributed by atoms with Gasteiger partial charge in [-0.15, -0.1) is 0 Å². The van der Waals surface area contributed by atoms with Crippen molar-refractivity contribution in [2.24, 2.45) is 0 Å². The van der Waals surface area contributed by atoms with Crippen LogP contribution in [0, 0.1) is 12.7 Å². The number of hydrogen-bond donors (Lipinski definition) is 2. The molecular weight excluding hydrogens is 423 g/mol. The highest BCUT2D eigenvalue weighted by Crippen LogP contribution is 2.33. The molecule has 0 saturated carbocycles. The maximum Gasteiger partial charge on any atom is 0.147 e. The molecule has 0 aliphatic carbocycles. The number of aromatic nitrogens is 2. The van der Waals surface area contributed by atoms with Crippen molar-refractivity contribution < 1.29 is 22.8 Å². The van der Waals surface area contributed by atoms with Gasteiger partial charge in [0.2, 0.25) is 0 Å². The molecule has 0 spiro atoms. The van der Waals surface area contributed by atoms with Gasteiger partial charge in [0.15, 0.2) is 0 Å². The van der Waals surface area contributed by atoms with E-state index in [2.05, 4.69) is 25.9 Å². The summed E-state index contributed by atoms with van der Waals surface area (Å²) in [5.74, 6) is 4.06. The van der Waals surface area contributed by atoms with Gasteiger partial charge in [-0.05, 0) is 42.6 Å². The van der Waals surface area contributed by atoms with Crippen LogP contribution in [0.5, 0.6) is 5.75 Å². The Morgan fingerprint density at radius 3 is 2.74 bits per heavy atom. The van der Waals surface area contributed by atoms with E-state index in [0.717, 1.165) is 10.9 Å². The van der Waals surface area contributed by atoms with E-state index < -0.39 is 15.5 Å². The second-order valence-corrected chi connectivity index (χ2v) is 9.60. The van der Waals surface area contributed by atoms with Gasteiger partial charge in [-0.1, -0.05) is 0 Å². The SMILES string of the molecule is C=S(C)(=O)Nc1cc(C)c2c(Nc3ccc(F)cc3OC3COCOC3)ncnc2c1. The highest BCUT2D eigenvalue weighted by atomic mass is 32.2. The maximum absolute atomic E-state index is 13.9. The van der Waals surface area contributed by atoms with Gasteiger partial charge in [-0.3, -0.25) is 0 Å². The largest absolute Gasteiger partial charge is 0.483 e. The van der Waals surface area contributed by atoms with Crippen LogP contribution in [0.15, 0.2) is 36.7 Å². The van der Waals surface area contributed by atoms with Crippen LogP contribution in [-0.2, 0) is 19.2 Å². The number of aryl methyl sites for hydroxylation is 1. The van der Waals surface area contributed by atoms with Crippen LogP contribution in [0.25, 0.3) is 10.9 Å². The lowest BCUT2D eigenvalue weighted by atomic mass is 10.1. The van der Waals surface area contributed by atoms with E-state index in [1.807, 2.05) is 13.0 Å². The molecule has 4 rings (SSSR count). The zero-order valence-electron chi connectivity index (χ0n) is 17.2. The molecule has 1 aliphatic rings. The van der Waals surface area contributed by atoms with Crippen LogP contribution < -0.4 is 14.8 Å². The zero-order chi connectivity index (χ0) is 22.0. The number of hydrogen-bond acceptors (Lipinski definition) is 7. The second-order valence-electron chi connectivity index (χ2n) is 7.38. The van der Waals surface area contributed by atoms with Crippen molar-refractivity contribution in [3.8, 4) is 5.75 Å². The summed E-state index contributed by atoms with van der Waals surface area (Å²) in [6.07, 6.45) is 2.60. The Kier molecular flexibility index (Phi) is 5.94. The standard InChI is InChI=1S/C21H23FN4O4S/c1-13-6-15(26-31(2,3)27)8-18-20(13)21(24-11-23-18)25-17-5-4-14(22)7-19(17)30-16-9-28-12-29-10-16/h4-8,11,16H,2,9-10,12H2,1,3H3,(H,26,27)(H,23,24,25). The molecule has 31 heavy (non-hydrogen) atoms.